The maximum Gasteiger partial charge on any atom is 0.323 e. The third-order valence-corrected chi connectivity index (χ3v) is 5.10. The molecule has 2 aliphatic rings. The van der Waals surface area contributed by atoms with Gasteiger partial charge in [0.1, 0.15) is 0 Å². The van der Waals surface area contributed by atoms with Gasteiger partial charge in [-0.25, -0.2) is 0 Å². The van der Waals surface area contributed by atoms with Gasteiger partial charge in [0, 0.05) is 5.92 Å². The van der Waals surface area contributed by atoms with Crippen molar-refractivity contribution < 1.29 is 19.1 Å². The van der Waals surface area contributed by atoms with Crippen LogP contribution in [0, 0.1) is 11.3 Å². The van der Waals surface area contributed by atoms with Gasteiger partial charge in [-0.3, -0.25) is 9.59 Å². The second kappa shape index (κ2) is 6.63. The summed E-state index contributed by atoms with van der Waals surface area (Å²) in [6.07, 6.45) is 8.18. The third-order valence-electron chi connectivity index (χ3n) is 5.10. The zero-order valence-corrected chi connectivity index (χ0v) is 14.0. The van der Waals surface area contributed by atoms with E-state index in [1.54, 1.807) is 0 Å². The van der Waals surface area contributed by atoms with Gasteiger partial charge in [-0.1, -0.05) is 54.1 Å². The van der Waals surface area contributed by atoms with Gasteiger partial charge in [-0.2, -0.15) is 0 Å². The standard InChI is InChI=1S/C20H22O4/c1-23-18(21)20(19(22)24-2)12-16-10-6-9-15(11-17(16)13-20)14-7-4-3-5-8-14/h3-8,10-11,15-16H,9,12-13H2,1-2H3/t15-,16+/m1/s1. The summed E-state index contributed by atoms with van der Waals surface area (Å²) in [7, 11) is 2.64. The number of hydrogen-bond acceptors (Lipinski definition) is 4. The molecule has 4 nitrogen and oxygen atoms in total. The van der Waals surface area contributed by atoms with Gasteiger partial charge in [0.25, 0.3) is 0 Å². The van der Waals surface area contributed by atoms with Gasteiger partial charge in [0.2, 0.25) is 0 Å². The van der Waals surface area contributed by atoms with Gasteiger partial charge in [0.05, 0.1) is 14.2 Å². The summed E-state index contributed by atoms with van der Waals surface area (Å²) >= 11 is 0. The van der Waals surface area contributed by atoms with Crippen molar-refractivity contribution in [2.24, 2.45) is 11.3 Å². The number of allylic oxidation sites excluding steroid dienone is 4. The van der Waals surface area contributed by atoms with Crippen LogP contribution in [-0.4, -0.2) is 26.2 Å². The molecule has 1 fully saturated rings. The highest BCUT2D eigenvalue weighted by Gasteiger charge is 2.55. The first-order chi connectivity index (χ1) is 11.6. The number of carbonyl (C=O) groups is 2. The summed E-state index contributed by atoms with van der Waals surface area (Å²) in [4.78, 5) is 24.7. The van der Waals surface area contributed by atoms with E-state index >= 15 is 0 Å². The van der Waals surface area contributed by atoms with Crippen molar-refractivity contribution in [2.45, 2.75) is 25.2 Å². The smallest absolute Gasteiger partial charge is 0.323 e. The van der Waals surface area contributed by atoms with Crippen LogP contribution in [0.25, 0.3) is 0 Å². The fraction of sp³-hybridized carbons (Fsp3) is 0.400. The predicted octanol–water partition coefficient (Wildman–Crippen LogP) is 3.40. The van der Waals surface area contributed by atoms with Gasteiger partial charge >= 0.3 is 11.9 Å². The molecule has 1 saturated carbocycles. The van der Waals surface area contributed by atoms with Crippen molar-refractivity contribution in [1.82, 2.24) is 0 Å². The van der Waals surface area contributed by atoms with Crippen LogP contribution in [-0.2, 0) is 19.1 Å². The molecule has 0 N–H and O–H groups in total. The molecule has 4 heteroatoms. The molecule has 24 heavy (non-hydrogen) atoms. The SMILES string of the molecule is COC(=O)C1(C(=O)OC)CC2=C[C@H](c3ccccc3)CC=C[C@H]2C1. The molecule has 1 aromatic carbocycles. The van der Waals surface area contributed by atoms with E-state index in [0.717, 1.165) is 12.0 Å². The quantitative estimate of drug-likeness (QED) is 0.485. The lowest BCUT2D eigenvalue weighted by Gasteiger charge is -2.22. The maximum absolute atomic E-state index is 12.3. The van der Waals surface area contributed by atoms with Crippen molar-refractivity contribution in [3.8, 4) is 0 Å². The van der Waals surface area contributed by atoms with Crippen molar-refractivity contribution in [2.75, 3.05) is 14.2 Å². The van der Waals surface area contributed by atoms with E-state index < -0.39 is 17.4 Å². The number of ether oxygens (including phenoxy) is 2. The zero-order valence-electron chi connectivity index (χ0n) is 14.0. The summed E-state index contributed by atoms with van der Waals surface area (Å²) in [6, 6.07) is 10.3. The summed E-state index contributed by atoms with van der Waals surface area (Å²) in [5, 5.41) is 0. The Morgan fingerprint density at radius 1 is 1.04 bits per heavy atom. The first-order valence-electron chi connectivity index (χ1n) is 8.20. The van der Waals surface area contributed by atoms with E-state index in [-0.39, 0.29) is 11.8 Å². The average Bonchev–Trinajstić information content (AvgIpc) is 2.88. The Hall–Kier alpha value is -2.36. The highest BCUT2D eigenvalue weighted by atomic mass is 16.5. The Balaban J connectivity index is 1.96. The Bertz CT molecular complexity index is 671. The van der Waals surface area contributed by atoms with Gasteiger partial charge < -0.3 is 9.47 Å². The number of fused-ring (bicyclic) bond motifs is 1. The molecule has 0 aliphatic heterocycles. The minimum Gasteiger partial charge on any atom is -0.468 e. The topological polar surface area (TPSA) is 52.6 Å². The van der Waals surface area contributed by atoms with Crippen LogP contribution in [0.2, 0.25) is 0 Å². The minimum absolute atomic E-state index is 0.0805. The van der Waals surface area contributed by atoms with Crippen LogP contribution < -0.4 is 0 Å². The van der Waals surface area contributed by atoms with Crippen LogP contribution in [0.15, 0.2) is 54.1 Å². The fourth-order valence-electron chi connectivity index (χ4n) is 3.87. The first-order valence-corrected chi connectivity index (χ1v) is 8.20. The predicted molar refractivity (Wildman–Crippen MR) is 90.2 cm³/mol. The number of methoxy groups -OCH3 is 2. The van der Waals surface area contributed by atoms with E-state index in [4.69, 9.17) is 9.47 Å². The largest absolute Gasteiger partial charge is 0.468 e. The molecule has 0 bridgehead atoms. The number of rotatable bonds is 3. The average molecular weight is 326 g/mol. The summed E-state index contributed by atoms with van der Waals surface area (Å²) in [6.45, 7) is 0. The molecule has 0 spiro atoms. The van der Waals surface area contributed by atoms with E-state index in [2.05, 4.69) is 30.4 Å². The molecule has 0 unspecified atom stereocenters. The molecule has 1 aromatic rings. The lowest BCUT2D eigenvalue weighted by molar-refractivity contribution is -0.168. The summed E-state index contributed by atoms with van der Waals surface area (Å²) in [5.74, 6) is -0.675. The first kappa shape index (κ1) is 16.5. The lowest BCUT2D eigenvalue weighted by Crippen LogP contribution is -2.39. The number of carbonyl (C=O) groups excluding carboxylic acids is 2. The van der Waals surface area contributed by atoms with E-state index in [0.29, 0.717) is 12.8 Å². The molecule has 0 amide bonds. The Morgan fingerprint density at radius 3 is 2.33 bits per heavy atom. The zero-order chi connectivity index (χ0) is 17.2. The maximum atomic E-state index is 12.3. The van der Waals surface area contributed by atoms with Crippen LogP contribution in [0.4, 0.5) is 0 Å². The highest BCUT2D eigenvalue weighted by molar-refractivity contribution is 6.01. The van der Waals surface area contributed by atoms with Gasteiger partial charge in [0.15, 0.2) is 5.41 Å². The fourth-order valence-corrected chi connectivity index (χ4v) is 3.87. The van der Waals surface area contributed by atoms with Crippen molar-refractivity contribution >= 4 is 11.9 Å². The lowest BCUT2D eigenvalue weighted by atomic mass is 9.84. The molecule has 2 aliphatic carbocycles. The van der Waals surface area contributed by atoms with Crippen LogP contribution in [0.5, 0.6) is 0 Å². The van der Waals surface area contributed by atoms with E-state index in [1.165, 1.54) is 19.8 Å². The van der Waals surface area contributed by atoms with Crippen molar-refractivity contribution in [3.05, 3.63) is 59.7 Å². The van der Waals surface area contributed by atoms with E-state index in [1.807, 2.05) is 18.2 Å². The third kappa shape index (κ3) is 2.77. The molecule has 0 heterocycles. The van der Waals surface area contributed by atoms with E-state index in [9.17, 15) is 9.59 Å². The molecule has 0 radical (unpaired) electrons. The number of benzene rings is 1. The van der Waals surface area contributed by atoms with Gasteiger partial charge in [-0.15, -0.1) is 0 Å². The van der Waals surface area contributed by atoms with Crippen LogP contribution >= 0.6 is 0 Å². The monoisotopic (exact) mass is 326 g/mol. The normalized spacial score (nSPS) is 24.5. The summed E-state index contributed by atoms with van der Waals surface area (Å²) in [5.41, 5.74) is 1.14. The molecule has 126 valence electrons. The second-order valence-corrected chi connectivity index (χ2v) is 6.48. The number of esters is 2. The van der Waals surface area contributed by atoms with Crippen molar-refractivity contribution in [1.29, 1.82) is 0 Å². The van der Waals surface area contributed by atoms with Gasteiger partial charge in [-0.05, 0) is 30.7 Å². The van der Waals surface area contributed by atoms with Crippen LogP contribution in [0.1, 0.15) is 30.7 Å². The Morgan fingerprint density at radius 2 is 1.71 bits per heavy atom. The number of hydrogen-bond donors (Lipinski definition) is 0. The molecule has 0 saturated heterocycles. The molecular formula is C20H22O4. The molecular weight excluding hydrogens is 304 g/mol. The molecule has 2 atom stereocenters. The highest BCUT2D eigenvalue weighted by Crippen LogP contribution is 2.49. The minimum atomic E-state index is -1.22. The second-order valence-electron chi connectivity index (χ2n) is 6.48. The van der Waals surface area contributed by atoms with Crippen molar-refractivity contribution in [3.63, 3.8) is 0 Å². The summed E-state index contributed by atoms with van der Waals surface area (Å²) < 4.78 is 9.84. The van der Waals surface area contributed by atoms with Crippen LogP contribution in [0.3, 0.4) is 0 Å². The Kier molecular flexibility index (Phi) is 4.56. The molecule has 0 aromatic heterocycles. The molecule has 3 rings (SSSR count). The Labute approximate surface area is 142 Å².